The van der Waals surface area contributed by atoms with Gasteiger partial charge in [0.25, 0.3) is 5.91 Å². The summed E-state index contributed by atoms with van der Waals surface area (Å²) in [6, 6.07) is -0.115. The molecule has 0 saturated carbocycles. The minimum absolute atomic E-state index is 0.0943. The molecule has 0 aliphatic carbocycles. The fourth-order valence-electron chi connectivity index (χ4n) is 1.30. The van der Waals surface area contributed by atoms with Gasteiger partial charge in [-0.1, -0.05) is 13.8 Å². The van der Waals surface area contributed by atoms with Crippen LogP contribution in [0.15, 0.2) is 16.3 Å². The summed E-state index contributed by atoms with van der Waals surface area (Å²) in [5.41, 5.74) is 5.03. The van der Waals surface area contributed by atoms with Crippen LogP contribution in [-0.4, -0.2) is 31.4 Å². The molecule has 7 nitrogen and oxygen atoms in total. The Morgan fingerprint density at radius 1 is 1.42 bits per heavy atom. The first-order valence-electron chi connectivity index (χ1n) is 5.28. The Labute approximate surface area is 114 Å². The van der Waals surface area contributed by atoms with Crippen molar-refractivity contribution in [1.29, 1.82) is 0 Å². The van der Waals surface area contributed by atoms with Crippen molar-refractivity contribution in [2.45, 2.75) is 24.8 Å². The SMILES string of the molecule is CC(C)[C@H](NS(=O)(=O)c1csc(C(N)=O)c1)C(=O)O. The molecule has 1 heterocycles. The summed E-state index contributed by atoms with van der Waals surface area (Å²) in [4.78, 5) is 21.8. The maximum Gasteiger partial charge on any atom is 0.322 e. The molecule has 0 unspecified atom stereocenters. The molecule has 0 bridgehead atoms. The molecule has 0 spiro atoms. The lowest BCUT2D eigenvalue weighted by molar-refractivity contribution is -0.140. The molecule has 4 N–H and O–H groups in total. The number of hydrogen-bond donors (Lipinski definition) is 3. The van der Waals surface area contributed by atoms with Crippen LogP contribution in [0.5, 0.6) is 0 Å². The van der Waals surface area contributed by atoms with E-state index < -0.39 is 33.9 Å². The van der Waals surface area contributed by atoms with Crippen molar-refractivity contribution in [3.8, 4) is 0 Å². The topological polar surface area (TPSA) is 127 Å². The van der Waals surface area contributed by atoms with E-state index in [0.717, 1.165) is 17.4 Å². The average molecular weight is 306 g/mol. The summed E-state index contributed by atoms with van der Waals surface area (Å²) in [6.45, 7) is 3.17. The Bertz CT molecular complexity index is 591. The quantitative estimate of drug-likeness (QED) is 0.693. The lowest BCUT2D eigenvalue weighted by atomic mass is 10.1. The Balaban J connectivity index is 3.03. The maximum atomic E-state index is 12.0. The summed E-state index contributed by atoms with van der Waals surface area (Å²) in [7, 11) is -3.99. The molecule has 0 saturated heterocycles. The molecule has 0 fully saturated rings. The van der Waals surface area contributed by atoms with Crippen LogP contribution in [0.1, 0.15) is 23.5 Å². The van der Waals surface area contributed by atoms with Crippen molar-refractivity contribution in [1.82, 2.24) is 4.72 Å². The second-order valence-corrected chi connectivity index (χ2v) is 6.82. The lowest BCUT2D eigenvalue weighted by Crippen LogP contribution is -2.44. The van der Waals surface area contributed by atoms with E-state index in [-0.39, 0.29) is 9.77 Å². The van der Waals surface area contributed by atoms with Crippen LogP contribution in [0, 0.1) is 5.92 Å². The average Bonchev–Trinajstić information content (AvgIpc) is 2.75. The molecule has 1 rings (SSSR count). The third-order valence-electron chi connectivity index (χ3n) is 2.34. The first-order chi connectivity index (χ1) is 8.65. The van der Waals surface area contributed by atoms with Gasteiger partial charge in [0.15, 0.2) is 0 Å². The second kappa shape index (κ2) is 5.68. The fourth-order valence-corrected chi connectivity index (χ4v) is 3.76. The number of carboxylic acids is 1. The van der Waals surface area contributed by atoms with Gasteiger partial charge in [-0.05, 0) is 12.0 Å². The summed E-state index contributed by atoms with van der Waals surface area (Å²) in [5, 5.41) is 10.2. The van der Waals surface area contributed by atoms with E-state index in [1.165, 1.54) is 5.38 Å². The standard InChI is InChI=1S/C10H14N2O5S2/c1-5(2)8(10(14)15)12-19(16,17)6-3-7(9(11)13)18-4-6/h3-5,8,12H,1-2H3,(H2,11,13)(H,14,15)/t8-/m0/s1. The third kappa shape index (κ3) is 3.75. The largest absolute Gasteiger partial charge is 0.480 e. The van der Waals surface area contributed by atoms with Crippen molar-refractivity contribution in [2.24, 2.45) is 11.7 Å². The van der Waals surface area contributed by atoms with Gasteiger partial charge in [-0.25, -0.2) is 8.42 Å². The molecule has 106 valence electrons. The number of carbonyl (C=O) groups is 2. The molecular formula is C10H14N2O5S2. The molecule has 1 amide bonds. The monoisotopic (exact) mass is 306 g/mol. The van der Waals surface area contributed by atoms with Crippen LogP contribution in [0.25, 0.3) is 0 Å². The van der Waals surface area contributed by atoms with E-state index in [0.29, 0.717) is 0 Å². The van der Waals surface area contributed by atoms with Crippen molar-refractivity contribution in [3.63, 3.8) is 0 Å². The smallest absolute Gasteiger partial charge is 0.322 e. The van der Waals surface area contributed by atoms with Gasteiger partial charge in [0.2, 0.25) is 10.0 Å². The highest BCUT2D eigenvalue weighted by atomic mass is 32.2. The number of nitrogens with one attached hydrogen (secondary N) is 1. The number of thiophene rings is 1. The minimum atomic E-state index is -3.99. The number of carbonyl (C=O) groups excluding carboxylic acids is 1. The second-order valence-electron chi connectivity index (χ2n) is 4.19. The van der Waals surface area contributed by atoms with Crippen molar-refractivity contribution < 1.29 is 23.1 Å². The zero-order valence-corrected chi connectivity index (χ0v) is 11.9. The van der Waals surface area contributed by atoms with Gasteiger partial charge < -0.3 is 10.8 Å². The first-order valence-corrected chi connectivity index (χ1v) is 7.65. The molecule has 1 atom stereocenters. The predicted molar refractivity (Wildman–Crippen MR) is 69.4 cm³/mol. The van der Waals surface area contributed by atoms with Crippen molar-refractivity contribution in [3.05, 3.63) is 16.3 Å². The van der Waals surface area contributed by atoms with E-state index >= 15 is 0 Å². The number of aliphatic carboxylic acids is 1. The third-order valence-corrected chi connectivity index (χ3v) is 4.86. The number of amides is 1. The Hall–Kier alpha value is -1.45. The number of nitrogens with two attached hydrogens (primary N) is 1. The molecule has 0 aliphatic heterocycles. The zero-order valence-electron chi connectivity index (χ0n) is 10.3. The Kier molecular flexibility index (Phi) is 4.66. The van der Waals surface area contributed by atoms with Gasteiger partial charge in [-0.3, -0.25) is 9.59 Å². The van der Waals surface area contributed by atoms with Gasteiger partial charge in [-0.2, -0.15) is 4.72 Å². The number of hydrogen-bond acceptors (Lipinski definition) is 5. The highest BCUT2D eigenvalue weighted by Gasteiger charge is 2.28. The van der Waals surface area contributed by atoms with E-state index in [4.69, 9.17) is 10.8 Å². The van der Waals surface area contributed by atoms with Crippen LogP contribution in [-0.2, 0) is 14.8 Å². The highest BCUT2D eigenvalue weighted by molar-refractivity contribution is 7.89. The molecule has 0 aliphatic rings. The number of rotatable bonds is 6. The van der Waals surface area contributed by atoms with Crippen molar-refractivity contribution in [2.75, 3.05) is 0 Å². The van der Waals surface area contributed by atoms with Crippen LogP contribution in [0.2, 0.25) is 0 Å². The van der Waals surface area contributed by atoms with E-state index in [1.54, 1.807) is 13.8 Å². The Morgan fingerprint density at radius 3 is 2.37 bits per heavy atom. The van der Waals surface area contributed by atoms with Gasteiger partial charge >= 0.3 is 5.97 Å². The van der Waals surface area contributed by atoms with Crippen LogP contribution < -0.4 is 10.5 Å². The number of sulfonamides is 1. The van der Waals surface area contributed by atoms with Crippen molar-refractivity contribution >= 4 is 33.2 Å². The predicted octanol–water partition coefficient (Wildman–Crippen LogP) is 0.234. The van der Waals surface area contributed by atoms with E-state index in [1.807, 2.05) is 0 Å². The van der Waals surface area contributed by atoms with Gasteiger partial charge in [-0.15, -0.1) is 11.3 Å². The maximum absolute atomic E-state index is 12.0. The number of primary amides is 1. The molecule has 19 heavy (non-hydrogen) atoms. The van der Waals surface area contributed by atoms with Gasteiger partial charge in [0.1, 0.15) is 6.04 Å². The first kappa shape index (κ1) is 15.6. The summed E-state index contributed by atoms with van der Waals surface area (Å²) in [5.74, 6) is -2.41. The van der Waals surface area contributed by atoms with Crippen LogP contribution >= 0.6 is 11.3 Å². The van der Waals surface area contributed by atoms with Gasteiger partial charge in [0, 0.05) is 5.38 Å². The molecule has 0 radical (unpaired) electrons. The highest BCUT2D eigenvalue weighted by Crippen LogP contribution is 2.19. The summed E-state index contributed by atoms with van der Waals surface area (Å²) >= 11 is 0.887. The normalized spacial score (nSPS) is 13.4. The summed E-state index contributed by atoms with van der Waals surface area (Å²) in [6.07, 6.45) is 0. The molecule has 1 aromatic rings. The molecule has 0 aromatic carbocycles. The molecular weight excluding hydrogens is 292 g/mol. The van der Waals surface area contributed by atoms with E-state index in [2.05, 4.69) is 4.72 Å². The molecule has 1 aromatic heterocycles. The molecule has 9 heteroatoms. The number of carboxylic acid groups (broad SMARTS) is 1. The van der Waals surface area contributed by atoms with Crippen LogP contribution in [0.4, 0.5) is 0 Å². The fraction of sp³-hybridized carbons (Fsp3) is 0.400. The minimum Gasteiger partial charge on any atom is -0.480 e. The summed E-state index contributed by atoms with van der Waals surface area (Å²) < 4.78 is 26.0. The van der Waals surface area contributed by atoms with Crippen LogP contribution in [0.3, 0.4) is 0 Å². The van der Waals surface area contributed by atoms with E-state index in [9.17, 15) is 18.0 Å². The lowest BCUT2D eigenvalue weighted by Gasteiger charge is -2.17. The van der Waals surface area contributed by atoms with Gasteiger partial charge in [0.05, 0.1) is 9.77 Å². The Morgan fingerprint density at radius 2 is 2.00 bits per heavy atom. The zero-order chi connectivity index (χ0) is 14.8.